The summed E-state index contributed by atoms with van der Waals surface area (Å²) >= 11 is 1.91. The highest BCUT2D eigenvalue weighted by Gasteiger charge is 2.20. The Morgan fingerprint density at radius 2 is 1.43 bits per heavy atom. The van der Waals surface area contributed by atoms with E-state index in [0.717, 1.165) is 0 Å². The summed E-state index contributed by atoms with van der Waals surface area (Å²) in [7, 11) is 0. The second-order valence-electron chi connectivity index (χ2n) is 8.73. The van der Waals surface area contributed by atoms with Gasteiger partial charge in [0.25, 0.3) is 0 Å². The molecule has 2 heteroatoms. The largest absolute Gasteiger partial charge is 0.354 e. The van der Waals surface area contributed by atoms with E-state index in [1.54, 1.807) is 0 Å². The quantitative estimate of drug-likeness (QED) is 0.274. The Morgan fingerprint density at radius 1 is 0.714 bits per heavy atom. The molecule has 0 saturated carbocycles. The van der Waals surface area contributed by atoms with Crippen molar-refractivity contribution < 1.29 is 0 Å². The predicted octanol–water partition coefficient (Wildman–Crippen LogP) is 8.14. The first kappa shape index (κ1) is 16.1. The maximum absolute atomic E-state index is 3.75. The van der Waals surface area contributed by atoms with Crippen LogP contribution < -0.4 is 0 Å². The molecule has 136 valence electrons. The molecule has 0 atom stereocenters. The SMILES string of the molecule is CC(C)(C)c1ccc2[nH]c3c4ccccc4c4sc5ccccc5c4c3c2c1. The Bertz CT molecular complexity index is 1540. The van der Waals surface area contributed by atoms with E-state index >= 15 is 0 Å². The molecule has 1 N–H and O–H groups in total. The van der Waals surface area contributed by atoms with Gasteiger partial charge in [-0.3, -0.25) is 0 Å². The van der Waals surface area contributed by atoms with Crippen LogP contribution in [0.25, 0.3) is 52.8 Å². The molecule has 0 amide bonds. The fourth-order valence-corrected chi connectivity index (χ4v) is 5.75. The fourth-order valence-electron chi connectivity index (χ4n) is 4.50. The van der Waals surface area contributed by atoms with Gasteiger partial charge in [-0.1, -0.05) is 69.3 Å². The van der Waals surface area contributed by atoms with Crippen molar-refractivity contribution in [1.82, 2.24) is 4.98 Å². The van der Waals surface area contributed by atoms with Crippen LogP contribution in [0.2, 0.25) is 0 Å². The first-order chi connectivity index (χ1) is 13.5. The highest BCUT2D eigenvalue weighted by molar-refractivity contribution is 7.27. The van der Waals surface area contributed by atoms with Crippen molar-refractivity contribution in [1.29, 1.82) is 0 Å². The van der Waals surface area contributed by atoms with Gasteiger partial charge in [0.1, 0.15) is 0 Å². The maximum Gasteiger partial charge on any atom is 0.0551 e. The lowest BCUT2D eigenvalue weighted by atomic mass is 9.86. The van der Waals surface area contributed by atoms with Gasteiger partial charge in [0.2, 0.25) is 0 Å². The smallest absolute Gasteiger partial charge is 0.0551 e. The molecule has 28 heavy (non-hydrogen) atoms. The summed E-state index contributed by atoms with van der Waals surface area (Å²) in [6, 6.07) is 24.5. The van der Waals surface area contributed by atoms with Gasteiger partial charge in [-0.15, -0.1) is 11.3 Å². The van der Waals surface area contributed by atoms with Gasteiger partial charge >= 0.3 is 0 Å². The van der Waals surface area contributed by atoms with Gasteiger partial charge in [-0.25, -0.2) is 0 Å². The van der Waals surface area contributed by atoms with Crippen molar-refractivity contribution in [2.24, 2.45) is 0 Å². The monoisotopic (exact) mass is 379 g/mol. The fraction of sp³-hybridized carbons (Fsp3) is 0.154. The second-order valence-corrected chi connectivity index (χ2v) is 9.79. The van der Waals surface area contributed by atoms with Gasteiger partial charge in [-0.2, -0.15) is 0 Å². The molecule has 4 aromatic carbocycles. The van der Waals surface area contributed by atoms with E-state index in [1.165, 1.54) is 58.3 Å². The zero-order valence-electron chi connectivity index (χ0n) is 16.3. The average molecular weight is 380 g/mol. The number of aromatic amines is 1. The molecule has 0 aliphatic rings. The van der Waals surface area contributed by atoms with Crippen molar-refractivity contribution >= 4 is 64.1 Å². The molecule has 0 fully saturated rings. The molecule has 6 rings (SSSR count). The van der Waals surface area contributed by atoms with Gasteiger partial charge in [0.15, 0.2) is 0 Å². The predicted molar refractivity (Wildman–Crippen MR) is 125 cm³/mol. The Morgan fingerprint density at radius 3 is 2.21 bits per heavy atom. The van der Waals surface area contributed by atoms with Gasteiger partial charge in [-0.05, 0) is 29.2 Å². The molecule has 0 spiro atoms. The van der Waals surface area contributed by atoms with Crippen molar-refractivity contribution in [2.45, 2.75) is 26.2 Å². The zero-order valence-corrected chi connectivity index (χ0v) is 17.1. The summed E-state index contributed by atoms with van der Waals surface area (Å²) < 4.78 is 2.75. The van der Waals surface area contributed by atoms with Crippen molar-refractivity contribution in [3.05, 3.63) is 72.3 Å². The zero-order chi connectivity index (χ0) is 19.0. The third-order valence-electron chi connectivity index (χ3n) is 5.95. The highest BCUT2D eigenvalue weighted by atomic mass is 32.1. The Labute approximate surface area is 167 Å². The van der Waals surface area contributed by atoms with Crippen molar-refractivity contribution in [3.63, 3.8) is 0 Å². The Kier molecular flexibility index (Phi) is 3.09. The lowest BCUT2D eigenvalue weighted by Crippen LogP contribution is -2.10. The molecule has 0 saturated heterocycles. The lowest BCUT2D eigenvalue weighted by Gasteiger charge is -2.18. The summed E-state index contributed by atoms with van der Waals surface area (Å²) in [5.74, 6) is 0. The van der Waals surface area contributed by atoms with E-state index in [1.807, 2.05) is 11.3 Å². The molecule has 0 aliphatic carbocycles. The molecular weight excluding hydrogens is 358 g/mol. The summed E-state index contributed by atoms with van der Waals surface area (Å²) in [6.45, 7) is 6.86. The Hall–Kier alpha value is -2.84. The minimum Gasteiger partial charge on any atom is -0.354 e. The third kappa shape index (κ3) is 2.07. The number of rotatable bonds is 0. The van der Waals surface area contributed by atoms with E-state index in [0.29, 0.717) is 0 Å². The molecule has 0 bridgehead atoms. The molecule has 0 aliphatic heterocycles. The number of benzene rings is 4. The molecular formula is C26H21NS. The van der Waals surface area contributed by atoms with E-state index in [4.69, 9.17) is 0 Å². The van der Waals surface area contributed by atoms with Crippen LogP contribution in [-0.4, -0.2) is 4.98 Å². The highest BCUT2D eigenvalue weighted by Crippen LogP contribution is 2.46. The van der Waals surface area contributed by atoms with Crippen LogP contribution in [0, 0.1) is 0 Å². The second kappa shape index (κ2) is 5.36. The van der Waals surface area contributed by atoms with Crippen LogP contribution in [0.3, 0.4) is 0 Å². The normalized spacial score (nSPS) is 12.8. The topological polar surface area (TPSA) is 15.8 Å². The number of thiophene rings is 1. The number of nitrogens with one attached hydrogen (secondary N) is 1. The van der Waals surface area contributed by atoms with Gasteiger partial charge < -0.3 is 4.98 Å². The molecule has 1 nitrogen and oxygen atoms in total. The number of fused-ring (bicyclic) bond motifs is 10. The maximum atomic E-state index is 3.75. The molecule has 6 aromatic rings. The number of aromatic nitrogens is 1. The minimum atomic E-state index is 0.129. The van der Waals surface area contributed by atoms with Crippen LogP contribution in [0.4, 0.5) is 0 Å². The summed E-state index contributed by atoms with van der Waals surface area (Å²) in [6.07, 6.45) is 0. The van der Waals surface area contributed by atoms with E-state index in [2.05, 4.69) is 92.5 Å². The third-order valence-corrected chi connectivity index (χ3v) is 7.16. The first-order valence-corrected chi connectivity index (χ1v) is 10.6. The average Bonchev–Trinajstić information content (AvgIpc) is 3.25. The minimum absolute atomic E-state index is 0.129. The molecule has 0 radical (unpaired) electrons. The molecule has 0 unspecified atom stereocenters. The van der Waals surface area contributed by atoms with E-state index < -0.39 is 0 Å². The summed E-state index contributed by atoms with van der Waals surface area (Å²) in [5, 5.41) is 8.11. The van der Waals surface area contributed by atoms with Crippen LogP contribution in [0.5, 0.6) is 0 Å². The van der Waals surface area contributed by atoms with E-state index in [-0.39, 0.29) is 5.41 Å². The number of hydrogen-bond acceptors (Lipinski definition) is 1. The lowest BCUT2D eigenvalue weighted by molar-refractivity contribution is 0.591. The molecule has 2 aromatic heterocycles. The first-order valence-electron chi connectivity index (χ1n) is 9.80. The summed E-state index contributed by atoms with van der Waals surface area (Å²) in [5.41, 5.74) is 3.98. The van der Waals surface area contributed by atoms with E-state index in [9.17, 15) is 0 Å². The van der Waals surface area contributed by atoms with Crippen LogP contribution in [-0.2, 0) is 5.41 Å². The van der Waals surface area contributed by atoms with Crippen molar-refractivity contribution in [2.75, 3.05) is 0 Å². The van der Waals surface area contributed by atoms with Crippen LogP contribution in [0.1, 0.15) is 26.3 Å². The number of hydrogen-bond donors (Lipinski definition) is 1. The standard InChI is InChI=1S/C26H21NS/c1-26(2,3)15-12-13-20-19(14-15)22-23-18-10-6-7-11-21(18)28-25(23)17-9-5-4-8-16(17)24(22)27-20/h4-14,27H,1-3H3. The number of H-pyrrole nitrogens is 1. The Balaban J connectivity index is 1.96. The molecule has 2 heterocycles. The van der Waals surface area contributed by atoms with Crippen molar-refractivity contribution in [3.8, 4) is 0 Å². The van der Waals surface area contributed by atoms with Crippen LogP contribution >= 0.6 is 11.3 Å². The van der Waals surface area contributed by atoms with Gasteiger partial charge in [0.05, 0.1) is 5.52 Å². The van der Waals surface area contributed by atoms with Gasteiger partial charge in [0, 0.05) is 47.2 Å². The van der Waals surface area contributed by atoms with Crippen LogP contribution in [0.15, 0.2) is 66.7 Å². The summed E-state index contributed by atoms with van der Waals surface area (Å²) in [4.78, 5) is 3.75.